The molecule has 0 aliphatic heterocycles. The van der Waals surface area contributed by atoms with Crippen LogP contribution in [0.1, 0.15) is 16.1 Å². The fourth-order valence-electron chi connectivity index (χ4n) is 1.52. The zero-order chi connectivity index (χ0) is 12.6. The zero-order valence-corrected chi connectivity index (χ0v) is 8.90. The Balaban J connectivity index is 2.55. The second-order valence-corrected chi connectivity index (χ2v) is 3.58. The molecule has 0 bridgehead atoms. The SMILES string of the molecule is Cc1cc(=O)n(-c2ccc(C(=O)O)c(F)c2)[nH]1. The van der Waals surface area contributed by atoms with Crippen molar-refractivity contribution in [1.29, 1.82) is 0 Å². The highest BCUT2D eigenvalue weighted by molar-refractivity contribution is 5.88. The Morgan fingerprint density at radius 1 is 1.41 bits per heavy atom. The van der Waals surface area contributed by atoms with Crippen molar-refractivity contribution in [3.8, 4) is 5.69 Å². The van der Waals surface area contributed by atoms with Gasteiger partial charge in [0.25, 0.3) is 5.56 Å². The number of hydrogen-bond donors (Lipinski definition) is 2. The Hall–Kier alpha value is -2.37. The van der Waals surface area contributed by atoms with E-state index in [0.717, 1.165) is 16.8 Å². The van der Waals surface area contributed by atoms with Crippen molar-refractivity contribution in [1.82, 2.24) is 9.78 Å². The van der Waals surface area contributed by atoms with E-state index in [0.29, 0.717) is 5.69 Å². The lowest BCUT2D eigenvalue weighted by Crippen LogP contribution is -2.14. The molecule has 0 fully saturated rings. The van der Waals surface area contributed by atoms with Crippen molar-refractivity contribution in [3.05, 3.63) is 51.7 Å². The van der Waals surface area contributed by atoms with Gasteiger partial charge in [-0.1, -0.05) is 0 Å². The molecule has 0 spiro atoms. The van der Waals surface area contributed by atoms with Gasteiger partial charge in [-0.25, -0.2) is 13.9 Å². The van der Waals surface area contributed by atoms with Gasteiger partial charge in [0.05, 0.1) is 11.3 Å². The standard InChI is InChI=1S/C11H9FN2O3/c1-6-4-10(15)14(13-6)7-2-3-8(11(16)17)9(12)5-7/h2-5,13H,1H3,(H,16,17). The van der Waals surface area contributed by atoms with Gasteiger partial charge < -0.3 is 5.11 Å². The molecule has 0 aliphatic carbocycles. The average Bonchev–Trinajstić information content (AvgIpc) is 2.57. The van der Waals surface area contributed by atoms with Gasteiger partial charge >= 0.3 is 5.97 Å². The normalized spacial score (nSPS) is 10.5. The molecule has 17 heavy (non-hydrogen) atoms. The number of aromatic nitrogens is 2. The van der Waals surface area contributed by atoms with E-state index in [-0.39, 0.29) is 11.2 Å². The Kier molecular flexibility index (Phi) is 2.55. The maximum atomic E-state index is 13.4. The van der Waals surface area contributed by atoms with Crippen molar-refractivity contribution >= 4 is 5.97 Å². The third-order valence-electron chi connectivity index (χ3n) is 2.29. The lowest BCUT2D eigenvalue weighted by molar-refractivity contribution is 0.0692. The molecular formula is C11H9FN2O3. The smallest absolute Gasteiger partial charge is 0.338 e. The molecule has 88 valence electrons. The first-order valence-corrected chi connectivity index (χ1v) is 4.81. The third-order valence-corrected chi connectivity index (χ3v) is 2.29. The van der Waals surface area contributed by atoms with Crippen LogP contribution < -0.4 is 5.56 Å². The predicted octanol–water partition coefficient (Wildman–Crippen LogP) is 1.31. The first-order chi connectivity index (χ1) is 7.99. The summed E-state index contributed by atoms with van der Waals surface area (Å²) < 4.78 is 14.6. The van der Waals surface area contributed by atoms with Gasteiger partial charge in [-0.05, 0) is 19.1 Å². The zero-order valence-electron chi connectivity index (χ0n) is 8.90. The van der Waals surface area contributed by atoms with E-state index in [1.165, 1.54) is 12.1 Å². The maximum Gasteiger partial charge on any atom is 0.338 e. The topological polar surface area (TPSA) is 75.1 Å². The van der Waals surface area contributed by atoms with Crippen molar-refractivity contribution in [3.63, 3.8) is 0 Å². The van der Waals surface area contributed by atoms with Crippen LogP contribution in [0.25, 0.3) is 5.69 Å². The van der Waals surface area contributed by atoms with Crippen molar-refractivity contribution in [2.24, 2.45) is 0 Å². The molecule has 0 radical (unpaired) electrons. The number of aromatic amines is 1. The predicted molar refractivity (Wildman–Crippen MR) is 58.0 cm³/mol. The molecule has 6 heteroatoms. The van der Waals surface area contributed by atoms with Crippen molar-refractivity contribution in [2.75, 3.05) is 0 Å². The fourth-order valence-corrected chi connectivity index (χ4v) is 1.52. The first-order valence-electron chi connectivity index (χ1n) is 4.81. The van der Waals surface area contributed by atoms with E-state index in [9.17, 15) is 14.0 Å². The van der Waals surface area contributed by atoms with E-state index in [2.05, 4.69) is 5.10 Å². The molecule has 5 nitrogen and oxygen atoms in total. The summed E-state index contributed by atoms with van der Waals surface area (Å²) in [6, 6.07) is 4.85. The summed E-state index contributed by atoms with van der Waals surface area (Å²) in [7, 11) is 0. The van der Waals surface area contributed by atoms with Gasteiger partial charge in [0.2, 0.25) is 0 Å². The van der Waals surface area contributed by atoms with Crippen LogP contribution in [0.5, 0.6) is 0 Å². The number of nitrogens with zero attached hydrogens (tertiary/aromatic N) is 1. The quantitative estimate of drug-likeness (QED) is 0.825. The van der Waals surface area contributed by atoms with Crippen LogP contribution in [0.4, 0.5) is 4.39 Å². The summed E-state index contributed by atoms with van der Waals surface area (Å²) >= 11 is 0. The number of aromatic carboxylic acids is 1. The number of carbonyl (C=O) groups is 1. The van der Waals surface area contributed by atoms with Gasteiger partial charge in [0.1, 0.15) is 5.82 Å². The molecule has 0 aliphatic rings. The minimum Gasteiger partial charge on any atom is -0.478 e. The summed E-state index contributed by atoms with van der Waals surface area (Å²) in [6.45, 7) is 1.69. The van der Waals surface area contributed by atoms with Crippen LogP contribution in [-0.2, 0) is 0 Å². The molecule has 1 aromatic carbocycles. The summed E-state index contributed by atoms with van der Waals surface area (Å²) in [5.74, 6) is -2.22. The van der Waals surface area contributed by atoms with Crippen LogP contribution >= 0.6 is 0 Å². The first kappa shape index (κ1) is 11.1. The highest BCUT2D eigenvalue weighted by atomic mass is 19.1. The summed E-state index contributed by atoms with van der Waals surface area (Å²) in [5.41, 5.74) is 0.137. The highest BCUT2D eigenvalue weighted by Crippen LogP contribution is 2.12. The highest BCUT2D eigenvalue weighted by Gasteiger charge is 2.12. The second kappa shape index (κ2) is 3.89. The maximum absolute atomic E-state index is 13.4. The minimum absolute atomic E-state index is 0.255. The summed E-state index contributed by atoms with van der Waals surface area (Å²) in [5, 5.41) is 11.4. The number of nitrogens with one attached hydrogen (secondary N) is 1. The van der Waals surface area contributed by atoms with E-state index < -0.39 is 17.3 Å². The number of hydrogen-bond acceptors (Lipinski definition) is 2. The molecule has 2 aromatic rings. The number of carboxylic acids is 1. The Labute approximate surface area is 95.1 Å². The molecule has 2 rings (SSSR count). The number of H-pyrrole nitrogens is 1. The van der Waals surface area contributed by atoms with E-state index >= 15 is 0 Å². The minimum atomic E-state index is -1.34. The van der Waals surface area contributed by atoms with E-state index in [1.54, 1.807) is 6.92 Å². The fraction of sp³-hybridized carbons (Fsp3) is 0.0909. The molecule has 0 saturated heterocycles. The van der Waals surface area contributed by atoms with Gasteiger partial charge in [-0.3, -0.25) is 9.89 Å². The van der Waals surface area contributed by atoms with Crippen LogP contribution in [0.2, 0.25) is 0 Å². The van der Waals surface area contributed by atoms with Crippen molar-refractivity contribution < 1.29 is 14.3 Å². The van der Waals surface area contributed by atoms with Gasteiger partial charge in [0, 0.05) is 17.8 Å². The molecule has 0 amide bonds. The van der Waals surface area contributed by atoms with Crippen LogP contribution in [-0.4, -0.2) is 20.9 Å². The Morgan fingerprint density at radius 3 is 2.59 bits per heavy atom. The Morgan fingerprint density at radius 2 is 2.12 bits per heavy atom. The van der Waals surface area contributed by atoms with Gasteiger partial charge in [-0.2, -0.15) is 0 Å². The Bertz CT molecular complexity index is 642. The number of rotatable bonds is 2. The summed E-state index contributed by atoms with van der Waals surface area (Å²) in [6.07, 6.45) is 0. The average molecular weight is 236 g/mol. The van der Waals surface area contributed by atoms with Crippen LogP contribution in [0, 0.1) is 12.7 Å². The monoisotopic (exact) mass is 236 g/mol. The number of halogens is 1. The number of benzene rings is 1. The molecule has 0 unspecified atom stereocenters. The molecule has 2 N–H and O–H groups in total. The van der Waals surface area contributed by atoms with E-state index in [1.807, 2.05) is 0 Å². The van der Waals surface area contributed by atoms with Crippen molar-refractivity contribution in [2.45, 2.75) is 6.92 Å². The molecule has 1 heterocycles. The lowest BCUT2D eigenvalue weighted by Gasteiger charge is -2.03. The van der Waals surface area contributed by atoms with Gasteiger partial charge in [0.15, 0.2) is 0 Å². The third kappa shape index (κ3) is 1.96. The molecule has 1 aromatic heterocycles. The van der Waals surface area contributed by atoms with Crippen LogP contribution in [0.3, 0.4) is 0 Å². The molecular weight excluding hydrogens is 227 g/mol. The molecule has 0 atom stereocenters. The van der Waals surface area contributed by atoms with Crippen LogP contribution in [0.15, 0.2) is 29.1 Å². The molecule has 0 saturated carbocycles. The number of aryl methyl sites for hydroxylation is 1. The van der Waals surface area contributed by atoms with Gasteiger partial charge in [-0.15, -0.1) is 0 Å². The lowest BCUT2D eigenvalue weighted by atomic mass is 10.2. The number of carboxylic acid groups (broad SMARTS) is 1. The summed E-state index contributed by atoms with van der Waals surface area (Å²) in [4.78, 5) is 22.1. The second-order valence-electron chi connectivity index (χ2n) is 3.58. The van der Waals surface area contributed by atoms with E-state index in [4.69, 9.17) is 5.11 Å². The largest absolute Gasteiger partial charge is 0.478 e.